The van der Waals surface area contributed by atoms with Crippen LogP contribution in [0.5, 0.6) is 5.88 Å². The molecule has 0 saturated heterocycles. The predicted molar refractivity (Wildman–Crippen MR) is 57.5 cm³/mol. The third kappa shape index (κ3) is 1.41. The zero-order chi connectivity index (χ0) is 10.1. The van der Waals surface area contributed by atoms with Crippen LogP contribution in [-0.2, 0) is 6.42 Å². The number of nitrogens with zero attached hydrogens (tertiary/aromatic N) is 1. The first-order valence-electron chi connectivity index (χ1n) is 4.97. The number of ether oxygens (including phenoxy) is 1. The van der Waals surface area contributed by atoms with Crippen molar-refractivity contribution in [1.29, 1.82) is 0 Å². The van der Waals surface area contributed by atoms with E-state index in [1.165, 1.54) is 11.1 Å². The van der Waals surface area contributed by atoms with E-state index >= 15 is 0 Å². The topological polar surface area (TPSA) is 22.1 Å². The molecule has 2 heteroatoms. The third-order valence-corrected chi connectivity index (χ3v) is 2.70. The summed E-state index contributed by atoms with van der Waals surface area (Å²) in [5, 5.41) is 0. The van der Waals surface area contributed by atoms with Crippen molar-refractivity contribution in [2.24, 2.45) is 0 Å². The average molecular weight is 189 g/mol. The first kappa shape index (κ1) is 9.25. The highest BCUT2D eigenvalue weighted by atomic mass is 16.5. The average Bonchev–Trinajstić information content (AvgIpc) is 2.18. The summed E-state index contributed by atoms with van der Waals surface area (Å²) in [5.41, 5.74) is 4.77. The van der Waals surface area contributed by atoms with Crippen LogP contribution in [0.15, 0.2) is 12.8 Å². The van der Waals surface area contributed by atoms with E-state index < -0.39 is 0 Å². The first-order valence-corrected chi connectivity index (χ1v) is 4.97. The van der Waals surface area contributed by atoms with Crippen molar-refractivity contribution in [3.8, 4) is 5.88 Å². The number of pyridine rings is 1. The van der Waals surface area contributed by atoms with Gasteiger partial charge in [0, 0.05) is 11.8 Å². The van der Waals surface area contributed by atoms with Gasteiger partial charge in [-0.05, 0) is 43.4 Å². The van der Waals surface area contributed by atoms with Crippen molar-refractivity contribution in [1.82, 2.24) is 4.98 Å². The molecule has 74 valence electrons. The van der Waals surface area contributed by atoms with Gasteiger partial charge in [0.2, 0.25) is 5.88 Å². The van der Waals surface area contributed by atoms with Crippen LogP contribution in [0.25, 0.3) is 5.57 Å². The lowest BCUT2D eigenvalue weighted by Gasteiger charge is -2.19. The fourth-order valence-electron chi connectivity index (χ4n) is 1.89. The van der Waals surface area contributed by atoms with Crippen LogP contribution in [0, 0.1) is 6.92 Å². The number of fused-ring (bicyclic) bond motifs is 1. The van der Waals surface area contributed by atoms with Crippen molar-refractivity contribution in [3.05, 3.63) is 29.5 Å². The summed E-state index contributed by atoms with van der Waals surface area (Å²) in [6, 6.07) is 0. The Morgan fingerprint density at radius 3 is 3.07 bits per heavy atom. The number of hydrogen-bond donors (Lipinski definition) is 0. The summed E-state index contributed by atoms with van der Waals surface area (Å²) in [6.07, 6.45) is 4.03. The second-order valence-electron chi connectivity index (χ2n) is 3.81. The minimum Gasteiger partial charge on any atom is -0.477 e. The van der Waals surface area contributed by atoms with Crippen molar-refractivity contribution in [2.75, 3.05) is 6.61 Å². The summed E-state index contributed by atoms with van der Waals surface area (Å²) in [5.74, 6) is 0.818. The molecule has 1 aliphatic rings. The highest BCUT2D eigenvalue weighted by Gasteiger charge is 2.16. The molecule has 0 aromatic carbocycles. The minimum absolute atomic E-state index is 0.797. The van der Waals surface area contributed by atoms with Crippen LogP contribution < -0.4 is 4.74 Å². The van der Waals surface area contributed by atoms with Crippen LogP contribution in [0.1, 0.15) is 30.0 Å². The standard InChI is InChI=1S/C12H15NO/c1-8(2)11-7-13-12-10(9(11)3)5-4-6-14-12/h7H,1,4-6H2,2-3H3. The van der Waals surface area contributed by atoms with Gasteiger partial charge in [-0.2, -0.15) is 0 Å². The van der Waals surface area contributed by atoms with E-state index in [2.05, 4.69) is 18.5 Å². The van der Waals surface area contributed by atoms with Gasteiger partial charge in [0.1, 0.15) is 0 Å². The summed E-state index contributed by atoms with van der Waals surface area (Å²) >= 11 is 0. The normalized spacial score (nSPS) is 14.4. The molecular formula is C12H15NO. The molecule has 0 fully saturated rings. The molecule has 0 N–H and O–H groups in total. The molecule has 0 amide bonds. The van der Waals surface area contributed by atoms with Gasteiger partial charge in [-0.1, -0.05) is 6.58 Å². The second-order valence-corrected chi connectivity index (χ2v) is 3.81. The molecular weight excluding hydrogens is 174 g/mol. The summed E-state index contributed by atoms with van der Waals surface area (Å²) in [6.45, 7) is 8.89. The first-order chi connectivity index (χ1) is 6.70. The monoisotopic (exact) mass is 189 g/mol. The van der Waals surface area contributed by atoms with Crippen LogP contribution in [0.2, 0.25) is 0 Å². The van der Waals surface area contributed by atoms with Gasteiger partial charge in [0.25, 0.3) is 0 Å². The molecule has 1 aromatic rings. The Balaban J connectivity index is 2.54. The molecule has 1 aromatic heterocycles. The molecule has 0 spiro atoms. The molecule has 14 heavy (non-hydrogen) atoms. The van der Waals surface area contributed by atoms with Gasteiger partial charge in [0.15, 0.2) is 0 Å². The lowest BCUT2D eigenvalue weighted by atomic mass is 9.97. The highest BCUT2D eigenvalue weighted by molar-refractivity contribution is 5.65. The lowest BCUT2D eigenvalue weighted by molar-refractivity contribution is 0.275. The van der Waals surface area contributed by atoms with Crippen LogP contribution in [0.4, 0.5) is 0 Å². The fraction of sp³-hybridized carbons (Fsp3) is 0.417. The molecule has 1 aliphatic heterocycles. The molecule has 0 saturated carbocycles. The van der Waals surface area contributed by atoms with Crippen molar-refractivity contribution in [2.45, 2.75) is 26.7 Å². The molecule has 0 radical (unpaired) electrons. The quantitative estimate of drug-likeness (QED) is 0.677. The highest BCUT2D eigenvalue weighted by Crippen LogP contribution is 2.29. The Hall–Kier alpha value is -1.31. The number of aromatic nitrogens is 1. The summed E-state index contributed by atoms with van der Waals surface area (Å²) in [7, 11) is 0. The van der Waals surface area contributed by atoms with Crippen molar-refractivity contribution in [3.63, 3.8) is 0 Å². The maximum absolute atomic E-state index is 5.50. The number of allylic oxidation sites excluding steroid dienone is 1. The molecule has 0 atom stereocenters. The van der Waals surface area contributed by atoms with Crippen molar-refractivity contribution >= 4 is 5.57 Å². The molecule has 2 heterocycles. The summed E-state index contributed by atoms with van der Waals surface area (Å²) in [4.78, 5) is 4.32. The third-order valence-electron chi connectivity index (χ3n) is 2.70. The zero-order valence-corrected chi connectivity index (χ0v) is 8.76. The second kappa shape index (κ2) is 3.45. The van der Waals surface area contributed by atoms with Crippen molar-refractivity contribution < 1.29 is 4.74 Å². The van der Waals surface area contributed by atoms with Crippen LogP contribution in [0.3, 0.4) is 0 Å². The van der Waals surface area contributed by atoms with E-state index in [-0.39, 0.29) is 0 Å². The van der Waals surface area contributed by atoms with Gasteiger partial charge in [-0.25, -0.2) is 4.98 Å². The number of rotatable bonds is 1. The van der Waals surface area contributed by atoms with E-state index in [0.29, 0.717) is 0 Å². The van der Waals surface area contributed by atoms with Gasteiger partial charge < -0.3 is 4.74 Å². The van der Waals surface area contributed by atoms with E-state index in [0.717, 1.165) is 36.5 Å². The van der Waals surface area contributed by atoms with Gasteiger partial charge in [-0.15, -0.1) is 0 Å². The van der Waals surface area contributed by atoms with E-state index in [9.17, 15) is 0 Å². The van der Waals surface area contributed by atoms with E-state index in [1.54, 1.807) is 0 Å². The van der Waals surface area contributed by atoms with Crippen LogP contribution >= 0.6 is 0 Å². The van der Waals surface area contributed by atoms with Gasteiger partial charge in [0.05, 0.1) is 6.61 Å². The number of hydrogen-bond acceptors (Lipinski definition) is 2. The Morgan fingerprint density at radius 1 is 1.57 bits per heavy atom. The Kier molecular flexibility index (Phi) is 2.28. The van der Waals surface area contributed by atoms with Gasteiger partial charge in [-0.3, -0.25) is 0 Å². The molecule has 2 nitrogen and oxygen atoms in total. The molecule has 0 bridgehead atoms. The Labute approximate surface area is 84.6 Å². The van der Waals surface area contributed by atoms with E-state index in [4.69, 9.17) is 4.74 Å². The van der Waals surface area contributed by atoms with Gasteiger partial charge >= 0.3 is 0 Å². The maximum atomic E-state index is 5.50. The Morgan fingerprint density at radius 2 is 2.36 bits per heavy atom. The van der Waals surface area contributed by atoms with Crippen LogP contribution in [-0.4, -0.2) is 11.6 Å². The lowest BCUT2D eigenvalue weighted by Crippen LogP contribution is -2.12. The maximum Gasteiger partial charge on any atom is 0.216 e. The molecule has 2 rings (SSSR count). The largest absolute Gasteiger partial charge is 0.477 e. The van der Waals surface area contributed by atoms with E-state index in [1.807, 2.05) is 13.1 Å². The fourth-order valence-corrected chi connectivity index (χ4v) is 1.89. The Bertz CT molecular complexity index is 382. The summed E-state index contributed by atoms with van der Waals surface area (Å²) < 4.78 is 5.50. The smallest absolute Gasteiger partial charge is 0.216 e. The predicted octanol–water partition coefficient (Wildman–Crippen LogP) is 2.75. The minimum atomic E-state index is 0.797. The zero-order valence-electron chi connectivity index (χ0n) is 8.76. The SMILES string of the molecule is C=C(C)c1cnc2c(c1C)CCCO2. The molecule has 0 aliphatic carbocycles. The molecule has 0 unspecified atom stereocenters.